The topological polar surface area (TPSA) is 36.4 Å². The molecule has 2 aliphatic rings. The first kappa shape index (κ1) is 13.1. The van der Waals surface area contributed by atoms with Gasteiger partial charge in [0.1, 0.15) is 5.01 Å². The lowest BCUT2D eigenvalue weighted by atomic mass is 10.3. The molecule has 2 heterocycles. The van der Waals surface area contributed by atoms with Gasteiger partial charge in [-0.15, -0.1) is 11.3 Å². The van der Waals surface area contributed by atoms with E-state index in [1.54, 1.807) is 11.3 Å². The van der Waals surface area contributed by atoms with E-state index < -0.39 is 0 Å². The molecule has 0 bridgehead atoms. The van der Waals surface area contributed by atoms with Crippen molar-refractivity contribution < 1.29 is 4.79 Å². The lowest BCUT2D eigenvalue weighted by molar-refractivity contribution is -0.132. The Bertz CT molecular complexity index is 447. The van der Waals surface area contributed by atoms with Crippen molar-refractivity contribution in [3.8, 4) is 0 Å². The van der Waals surface area contributed by atoms with Crippen LogP contribution in [0.3, 0.4) is 0 Å². The van der Waals surface area contributed by atoms with Gasteiger partial charge in [-0.25, -0.2) is 4.98 Å². The maximum atomic E-state index is 11.6. The van der Waals surface area contributed by atoms with E-state index in [-0.39, 0.29) is 5.91 Å². The molecule has 1 saturated heterocycles. The quantitative estimate of drug-likeness (QED) is 0.846. The molecule has 0 radical (unpaired) electrons. The molecule has 0 atom stereocenters. The second kappa shape index (κ2) is 5.59. The summed E-state index contributed by atoms with van der Waals surface area (Å²) in [4.78, 5) is 20.7. The van der Waals surface area contributed by atoms with E-state index in [1.807, 2.05) is 11.8 Å². The number of aromatic nitrogens is 1. The van der Waals surface area contributed by atoms with Crippen molar-refractivity contribution in [1.82, 2.24) is 14.8 Å². The average molecular weight is 279 g/mol. The second-order valence-corrected chi connectivity index (χ2v) is 6.39. The van der Waals surface area contributed by atoms with Crippen molar-refractivity contribution in [3.63, 3.8) is 0 Å². The van der Waals surface area contributed by atoms with Gasteiger partial charge in [0.15, 0.2) is 0 Å². The van der Waals surface area contributed by atoms with Crippen LogP contribution in [0.1, 0.15) is 42.8 Å². The molecule has 0 N–H and O–H groups in total. The number of amides is 1. The Balaban J connectivity index is 1.49. The zero-order valence-electron chi connectivity index (χ0n) is 11.5. The first-order chi connectivity index (χ1) is 9.26. The highest BCUT2D eigenvalue weighted by Gasteiger charge is 2.26. The number of piperazine rings is 1. The fraction of sp³-hybridized carbons (Fsp3) is 0.714. The zero-order chi connectivity index (χ0) is 13.2. The minimum Gasteiger partial charge on any atom is -0.340 e. The van der Waals surface area contributed by atoms with Crippen molar-refractivity contribution in [2.45, 2.75) is 38.6 Å². The molecule has 1 saturated carbocycles. The van der Waals surface area contributed by atoms with Crippen LogP contribution in [-0.4, -0.2) is 46.9 Å². The molecule has 1 aliphatic heterocycles. The minimum absolute atomic E-state index is 0.282. The number of hydrogen-bond acceptors (Lipinski definition) is 4. The molecule has 1 amide bonds. The van der Waals surface area contributed by atoms with Gasteiger partial charge in [-0.2, -0.15) is 0 Å². The predicted octanol–water partition coefficient (Wildman–Crippen LogP) is 2.07. The van der Waals surface area contributed by atoms with Gasteiger partial charge in [-0.05, 0) is 12.8 Å². The van der Waals surface area contributed by atoms with Crippen molar-refractivity contribution in [1.29, 1.82) is 0 Å². The van der Waals surface area contributed by atoms with Crippen LogP contribution in [0.15, 0.2) is 5.38 Å². The van der Waals surface area contributed by atoms with E-state index in [0.717, 1.165) is 38.6 Å². The molecule has 5 heteroatoms. The summed E-state index contributed by atoms with van der Waals surface area (Å²) in [5.74, 6) is 1.04. The summed E-state index contributed by atoms with van der Waals surface area (Å²) in [6.45, 7) is 6.57. The summed E-state index contributed by atoms with van der Waals surface area (Å²) in [5, 5.41) is 3.46. The van der Waals surface area contributed by atoms with E-state index in [1.165, 1.54) is 23.5 Å². The van der Waals surface area contributed by atoms with Crippen molar-refractivity contribution >= 4 is 17.2 Å². The van der Waals surface area contributed by atoms with E-state index in [4.69, 9.17) is 4.98 Å². The van der Waals surface area contributed by atoms with E-state index in [0.29, 0.717) is 6.42 Å². The van der Waals surface area contributed by atoms with Gasteiger partial charge in [0, 0.05) is 43.9 Å². The second-order valence-electron chi connectivity index (χ2n) is 5.45. The van der Waals surface area contributed by atoms with E-state index >= 15 is 0 Å². The maximum absolute atomic E-state index is 11.6. The Kier molecular flexibility index (Phi) is 3.84. The van der Waals surface area contributed by atoms with Crippen LogP contribution in [0, 0.1) is 0 Å². The summed E-state index contributed by atoms with van der Waals surface area (Å²) >= 11 is 1.79. The molecule has 3 rings (SSSR count). The van der Waals surface area contributed by atoms with Crippen LogP contribution >= 0.6 is 11.3 Å². The molecule has 1 aromatic heterocycles. The third-order valence-corrected chi connectivity index (χ3v) is 4.80. The van der Waals surface area contributed by atoms with Crippen molar-refractivity contribution in [3.05, 3.63) is 16.1 Å². The third-order valence-electron chi connectivity index (χ3n) is 3.95. The molecule has 2 fully saturated rings. The van der Waals surface area contributed by atoms with Gasteiger partial charge >= 0.3 is 0 Å². The van der Waals surface area contributed by atoms with Crippen LogP contribution in [0.2, 0.25) is 0 Å². The number of hydrogen-bond donors (Lipinski definition) is 0. The number of rotatable bonds is 4. The summed E-state index contributed by atoms with van der Waals surface area (Å²) in [6, 6.07) is 0. The minimum atomic E-state index is 0.282. The first-order valence-electron chi connectivity index (χ1n) is 7.20. The molecule has 19 heavy (non-hydrogen) atoms. The van der Waals surface area contributed by atoms with Crippen LogP contribution in [0.5, 0.6) is 0 Å². The van der Waals surface area contributed by atoms with Gasteiger partial charge in [0.25, 0.3) is 0 Å². The first-order valence-corrected chi connectivity index (χ1v) is 8.08. The van der Waals surface area contributed by atoms with Gasteiger partial charge < -0.3 is 4.90 Å². The Morgan fingerprint density at radius 2 is 2.11 bits per heavy atom. The Labute approximate surface area is 118 Å². The lowest BCUT2D eigenvalue weighted by Crippen LogP contribution is -2.48. The van der Waals surface area contributed by atoms with Crippen LogP contribution in [0.4, 0.5) is 0 Å². The van der Waals surface area contributed by atoms with Gasteiger partial charge in [0.2, 0.25) is 5.91 Å². The maximum Gasteiger partial charge on any atom is 0.222 e. The summed E-state index contributed by atoms with van der Waals surface area (Å²) in [7, 11) is 0. The molecule has 1 aliphatic carbocycles. The summed E-state index contributed by atoms with van der Waals surface area (Å²) in [6.07, 6.45) is 3.26. The van der Waals surface area contributed by atoms with Crippen LogP contribution in [0.25, 0.3) is 0 Å². The van der Waals surface area contributed by atoms with Gasteiger partial charge in [-0.1, -0.05) is 6.92 Å². The van der Waals surface area contributed by atoms with Crippen molar-refractivity contribution in [2.24, 2.45) is 0 Å². The predicted molar refractivity (Wildman–Crippen MR) is 76.2 cm³/mol. The van der Waals surface area contributed by atoms with Crippen LogP contribution < -0.4 is 0 Å². The number of carbonyl (C=O) groups excluding carboxylic acids is 1. The Morgan fingerprint density at radius 1 is 1.37 bits per heavy atom. The molecule has 104 valence electrons. The number of thiazole rings is 1. The normalized spacial score (nSPS) is 20.8. The zero-order valence-corrected chi connectivity index (χ0v) is 12.3. The monoisotopic (exact) mass is 279 g/mol. The highest BCUT2D eigenvalue weighted by atomic mass is 32.1. The third kappa shape index (κ3) is 3.15. The van der Waals surface area contributed by atoms with E-state index in [9.17, 15) is 4.79 Å². The molecule has 4 nitrogen and oxygen atoms in total. The van der Waals surface area contributed by atoms with Crippen molar-refractivity contribution in [2.75, 3.05) is 26.2 Å². The Hall–Kier alpha value is -0.940. The van der Waals surface area contributed by atoms with Crippen LogP contribution in [-0.2, 0) is 11.3 Å². The average Bonchev–Trinajstić information content (AvgIpc) is 3.20. The van der Waals surface area contributed by atoms with Gasteiger partial charge in [0.05, 0.1) is 12.2 Å². The molecule has 0 unspecified atom stereocenters. The Morgan fingerprint density at radius 3 is 2.74 bits per heavy atom. The lowest BCUT2D eigenvalue weighted by Gasteiger charge is -2.34. The highest BCUT2D eigenvalue weighted by Crippen LogP contribution is 2.40. The molecule has 1 aromatic rings. The summed E-state index contributed by atoms with van der Waals surface area (Å²) < 4.78 is 0. The largest absolute Gasteiger partial charge is 0.340 e. The SMILES string of the molecule is CCC(=O)N1CCN(Cc2nc(C3CC3)cs2)CC1. The smallest absolute Gasteiger partial charge is 0.222 e. The van der Waals surface area contributed by atoms with E-state index in [2.05, 4.69) is 10.3 Å². The van der Waals surface area contributed by atoms with Gasteiger partial charge in [-0.3, -0.25) is 9.69 Å². The highest BCUT2D eigenvalue weighted by molar-refractivity contribution is 7.09. The molecular weight excluding hydrogens is 258 g/mol. The number of nitrogens with zero attached hydrogens (tertiary/aromatic N) is 3. The molecule has 0 spiro atoms. The summed E-state index contributed by atoms with van der Waals surface area (Å²) in [5.41, 5.74) is 1.31. The molecule has 0 aromatic carbocycles. The number of carbonyl (C=O) groups is 1. The fourth-order valence-electron chi connectivity index (χ4n) is 2.53. The standard InChI is InChI=1S/C14H21N3OS/c1-2-14(18)17-7-5-16(6-8-17)9-13-15-12(10-19-13)11-3-4-11/h10-11H,2-9H2,1H3. The fourth-order valence-corrected chi connectivity index (χ4v) is 3.45. The molecular formula is C14H21N3OS.